The Kier molecular flexibility index (Phi) is 4.86. The highest BCUT2D eigenvalue weighted by molar-refractivity contribution is 9.10. The third kappa shape index (κ3) is 3.29. The van der Waals surface area contributed by atoms with Crippen molar-refractivity contribution in [2.75, 3.05) is 6.61 Å². The third-order valence-corrected chi connectivity index (χ3v) is 5.30. The second kappa shape index (κ2) is 7.22. The summed E-state index contributed by atoms with van der Waals surface area (Å²) in [4.78, 5) is 21.8. The minimum absolute atomic E-state index is 0.212. The molecule has 0 atom stereocenters. The first-order valence-corrected chi connectivity index (χ1v) is 10.0. The van der Waals surface area contributed by atoms with Gasteiger partial charge < -0.3 is 4.74 Å². The highest BCUT2D eigenvalue weighted by atomic mass is 79.9. The van der Waals surface area contributed by atoms with Crippen LogP contribution < -0.4 is 0 Å². The molecule has 0 unspecified atom stereocenters. The molecule has 7 heteroatoms. The number of ether oxygens (including phenoxy) is 1. The molecule has 0 saturated heterocycles. The van der Waals surface area contributed by atoms with Gasteiger partial charge in [0, 0.05) is 15.6 Å². The van der Waals surface area contributed by atoms with Crippen molar-refractivity contribution in [3.63, 3.8) is 0 Å². The second-order valence-electron chi connectivity index (χ2n) is 7.19. The lowest BCUT2D eigenvalue weighted by molar-refractivity contribution is 0.0516. The lowest BCUT2D eigenvalue weighted by Crippen LogP contribution is -2.23. The van der Waals surface area contributed by atoms with Crippen molar-refractivity contribution in [3.8, 4) is 5.69 Å². The number of halogens is 2. The molecular weight excluding hydrogens is 437 g/mol. The molecule has 2 aromatic carbocycles. The molecule has 148 valence electrons. The van der Waals surface area contributed by atoms with Gasteiger partial charge in [-0.2, -0.15) is 0 Å². The van der Waals surface area contributed by atoms with Crippen molar-refractivity contribution in [1.29, 1.82) is 0 Å². The summed E-state index contributed by atoms with van der Waals surface area (Å²) in [5.41, 5.74) is 2.37. The number of esters is 1. The first-order valence-electron chi connectivity index (χ1n) is 9.23. The largest absolute Gasteiger partial charge is 0.461 e. The van der Waals surface area contributed by atoms with Crippen LogP contribution in [0.1, 0.15) is 48.1 Å². The summed E-state index contributed by atoms with van der Waals surface area (Å²) < 4.78 is 22.6. The van der Waals surface area contributed by atoms with E-state index in [0.717, 1.165) is 15.7 Å². The predicted molar refractivity (Wildman–Crippen MR) is 112 cm³/mol. The van der Waals surface area contributed by atoms with E-state index in [1.54, 1.807) is 31.5 Å². The lowest BCUT2D eigenvalue weighted by atomic mass is 9.97. The summed E-state index contributed by atoms with van der Waals surface area (Å²) in [5.74, 6) is -0.860. The van der Waals surface area contributed by atoms with Crippen LogP contribution in [0.4, 0.5) is 4.39 Å². The van der Waals surface area contributed by atoms with E-state index in [0.29, 0.717) is 17.0 Å². The van der Waals surface area contributed by atoms with Gasteiger partial charge in [0.05, 0.1) is 29.2 Å². The predicted octanol–water partition coefficient (Wildman–Crippen LogP) is 5.04. The Hall–Kier alpha value is -2.80. The van der Waals surface area contributed by atoms with Gasteiger partial charge in [0.15, 0.2) is 5.69 Å². The zero-order valence-corrected chi connectivity index (χ0v) is 17.8. The number of carbonyl (C=O) groups excluding carboxylic acids is 1. The highest BCUT2D eigenvalue weighted by Crippen LogP contribution is 2.37. The van der Waals surface area contributed by atoms with Crippen LogP contribution in [0.15, 0.2) is 58.3 Å². The summed E-state index contributed by atoms with van der Waals surface area (Å²) in [6, 6.07) is 12.2. The Bertz CT molecular complexity index is 1150. The molecule has 0 N–H and O–H groups in total. The first-order chi connectivity index (χ1) is 13.8. The summed E-state index contributed by atoms with van der Waals surface area (Å²) in [7, 11) is 0. The van der Waals surface area contributed by atoms with E-state index in [4.69, 9.17) is 9.73 Å². The van der Waals surface area contributed by atoms with Gasteiger partial charge in [-0.05, 0) is 51.1 Å². The fraction of sp³-hybridized carbons (Fsp3) is 0.227. The number of carbonyl (C=O) groups is 1. The standard InChI is InChI=1S/C22H19BrFN3O2/c1-4-29-21(28)19-20-22(2,3)26-18(14-7-5-6-8-16(14)24)15-11-13(23)9-10-17(15)27(20)12-25-19/h5-12H,4H2,1-3H3. The van der Waals surface area contributed by atoms with Crippen LogP contribution in [0.5, 0.6) is 0 Å². The van der Waals surface area contributed by atoms with Crippen LogP contribution in [0.3, 0.4) is 0 Å². The summed E-state index contributed by atoms with van der Waals surface area (Å²) >= 11 is 3.50. The van der Waals surface area contributed by atoms with E-state index in [2.05, 4.69) is 20.9 Å². The Morgan fingerprint density at radius 3 is 2.69 bits per heavy atom. The number of benzene rings is 2. The van der Waals surface area contributed by atoms with Crippen molar-refractivity contribution in [2.45, 2.75) is 26.3 Å². The fourth-order valence-corrected chi connectivity index (χ4v) is 3.98. The number of hydrogen-bond donors (Lipinski definition) is 0. The Morgan fingerprint density at radius 1 is 1.21 bits per heavy atom. The van der Waals surface area contributed by atoms with E-state index in [1.807, 2.05) is 36.6 Å². The molecule has 0 aliphatic carbocycles. The molecule has 2 heterocycles. The minimum atomic E-state index is -0.859. The maximum atomic E-state index is 14.7. The summed E-state index contributed by atoms with van der Waals surface area (Å²) in [5, 5.41) is 0. The maximum absolute atomic E-state index is 14.7. The molecular formula is C22H19BrFN3O2. The minimum Gasteiger partial charge on any atom is -0.461 e. The van der Waals surface area contributed by atoms with Gasteiger partial charge >= 0.3 is 5.97 Å². The average molecular weight is 456 g/mol. The quantitative estimate of drug-likeness (QED) is 0.520. The van der Waals surface area contributed by atoms with Crippen molar-refractivity contribution in [2.24, 2.45) is 4.99 Å². The van der Waals surface area contributed by atoms with E-state index < -0.39 is 11.5 Å². The number of aromatic nitrogens is 2. The van der Waals surface area contributed by atoms with Crippen molar-refractivity contribution >= 4 is 27.6 Å². The van der Waals surface area contributed by atoms with Gasteiger partial charge in [-0.1, -0.05) is 28.1 Å². The topological polar surface area (TPSA) is 56.5 Å². The van der Waals surface area contributed by atoms with E-state index in [1.165, 1.54) is 6.07 Å². The SMILES string of the molecule is CCOC(=O)c1ncn2c1C(C)(C)N=C(c1ccccc1F)c1cc(Br)ccc1-2. The van der Waals surface area contributed by atoms with E-state index >= 15 is 0 Å². The number of imidazole rings is 1. The van der Waals surface area contributed by atoms with Crippen LogP contribution in [0.2, 0.25) is 0 Å². The molecule has 0 saturated carbocycles. The number of fused-ring (bicyclic) bond motifs is 3. The molecule has 0 bridgehead atoms. The normalized spacial score (nSPS) is 14.4. The maximum Gasteiger partial charge on any atom is 0.358 e. The Morgan fingerprint density at radius 2 is 1.97 bits per heavy atom. The van der Waals surface area contributed by atoms with Crippen LogP contribution in [-0.2, 0) is 10.3 Å². The van der Waals surface area contributed by atoms with Crippen molar-refractivity contribution in [1.82, 2.24) is 9.55 Å². The first kappa shape index (κ1) is 19.5. The van der Waals surface area contributed by atoms with Crippen molar-refractivity contribution in [3.05, 3.63) is 81.6 Å². The number of nitrogens with zero attached hydrogens (tertiary/aromatic N) is 3. The van der Waals surface area contributed by atoms with Gasteiger partial charge in [0.2, 0.25) is 0 Å². The fourth-order valence-electron chi connectivity index (χ4n) is 3.62. The zero-order valence-electron chi connectivity index (χ0n) is 16.2. The molecule has 0 spiro atoms. The van der Waals surface area contributed by atoms with E-state index in [9.17, 15) is 9.18 Å². The number of aliphatic imine (C=N–C) groups is 1. The monoisotopic (exact) mass is 455 g/mol. The molecule has 5 nitrogen and oxygen atoms in total. The average Bonchev–Trinajstić information content (AvgIpc) is 3.10. The summed E-state index contributed by atoms with van der Waals surface area (Å²) in [6.07, 6.45) is 1.59. The zero-order chi connectivity index (χ0) is 20.8. The molecule has 0 radical (unpaired) electrons. The second-order valence-corrected chi connectivity index (χ2v) is 8.11. The Balaban J connectivity index is 2.06. The number of hydrogen-bond acceptors (Lipinski definition) is 4. The van der Waals surface area contributed by atoms with Gasteiger partial charge in [-0.15, -0.1) is 0 Å². The molecule has 0 amide bonds. The van der Waals surface area contributed by atoms with Crippen LogP contribution >= 0.6 is 15.9 Å². The molecule has 1 aliphatic heterocycles. The van der Waals surface area contributed by atoms with Gasteiger partial charge in [0.25, 0.3) is 0 Å². The lowest BCUT2D eigenvalue weighted by Gasteiger charge is -2.21. The molecule has 1 aromatic heterocycles. The molecule has 4 rings (SSSR count). The van der Waals surface area contributed by atoms with Crippen LogP contribution in [0.25, 0.3) is 5.69 Å². The molecule has 1 aliphatic rings. The van der Waals surface area contributed by atoms with Crippen molar-refractivity contribution < 1.29 is 13.9 Å². The molecule has 0 fully saturated rings. The molecule has 29 heavy (non-hydrogen) atoms. The van der Waals surface area contributed by atoms with Gasteiger partial charge in [0.1, 0.15) is 12.1 Å². The molecule has 3 aromatic rings. The van der Waals surface area contributed by atoms with E-state index in [-0.39, 0.29) is 18.1 Å². The smallest absolute Gasteiger partial charge is 0.358 e. The van der Waals surface area contributed by atoms with Gasteiger partial charge in [-0.3, -0.25) is 9.56 Å². The highest BCUT2D eigenvalue weighted by Gasteiger charge is 2.36. The summed E-state index contributed by atoms with van der Waals surface area (Å²) in [6.45, 7) is 5.76. The number of rotatable bonds is 3. The van der Waals surface area contributed by atoms with Crippen LogP contribution in [-0.4, -0.2) is 27.8 Å². The van der Waals surface area contributed by atoms with Crippen LogP contribution in [0, 0.1) is 5.82 Å². The van der Waals surface area contributed by atoms with Gasteiger partial charge in [-0.25, -0.2) is 14.2 Å². The Labute approximate surface area is 176 Å². The third-order valence-electron chi connectivity index (χ3n) is 4.81.